The van der Waals surface area contributed by atoms with Crippen molar-refractivity contribution in [2.24, 2.45) is 5.16 Å². The van der Waals surface area contributed by atoms with Gasteiger partial charge in [0, 0.05) is 13.0 Å². The summed E-state index contributed by atoms with van der Waals surface area (Å²) in [4.78, 5) is 16.8. The Balaban J connectivity index is 1.79. The van der Waals surface area contributed by atoms with Gasteiger partial charge in [0.1, 0.15) is 0 Å². The maximum atomic E-state index is 11.7. The van der Waals surface area contributed by atoms with Crippen LogP contribution in [0.2, 0.25) is 0 Å². The van der Waals surface area contributed by atoms with E-state index in [4.69, 9.17) is 14.7 Å². The summed E-state index contributed by atoms with van der Waals surface area (Å²) < 4.78 is 5.06. The maximum Gasteiger partial charge on any atom is 0.350 e. The van der Waals surface area contributed by atoms with Gasteiger partial charge in [0.05, 0.1) is 12.3 Å². The van der Waals surface area contributed by atoms with Crippen LogP contribution in [0.4, 0.5) is 0 Å². The first-order chi connectivity index (χ1) is 9.31. The number of benzene rings is 1. The van der Waals surface area contributed by atoms with Gasteiger partial charge in [0.25, 0.3) is 0 Å². The summed E-state index contributed by atoms with van der Waals surface area (Å²) in [6.07, 6.45) is 1.07. The van der Waals surface area contributed by atoms with Crippen molar-refractivity contribution in [3.8, 4) is 0 Å². The van der Waals surface area contributed by atoms with Crippen LogP contribution in [-0.2, 0) is 14.4 Å². The Kier molecular flexibility index (Phi) is 4.92. The molecule has 5 nitrogen and oxygen atoms in total. The van der Waals surface area contributed by atoms with Crippen LogP contribution in [0.5, 0.6) is 0 Å². The summed E-state index contributed by atoms with van der Waals surface area (Å²) in [5, 5.41) is 12.5. The van der Waals surface area contributed by atoms with Crippen molar-refractivity contribution in [2.75, 3.05) is 13.2 Å². The van der Waals surface area contributed by atoms with E-state index in [-0.39, 0.29) is 6.61 Å². The van der Waals surface area contributed by atoms with E-state index in [0.717, 1.165) is 11.3 Å². The number of oxime groups is 1. The molecule has 0 spiro atoms. The van der Waals surface area contributed by atoms with Gasteiger partial charge < -0.3 is 14.7 Å². The summed E-state index contributed by atoms with van der Waals surface area (Å²) in [6.45, 7) is 0.415. The number of hydrogen-bond donors (Lipinski definition) is 1. The fraction of sp³-hybridized carbons (Fsp3) is 0.429. The van der Waals surface area contributed by atoms with Gasteiger partial charge in [-0.3, -0.25) is 0 Å². The fourth-order valence-electron chi connectivity index (χ4n) is 1.78. The van der Waals surface area contributed by atoms with E-state index < -0.39 is 12.1 Å². The van der Waals surface area contributed by atoms with Crippen LogP contribution >= 0.6 is 0 Å². The first kappa shape index (κ1) is 13.5. The third kappa shape index (κ3) is 3.79. The lowest BCUT2D eigenvalue weighted by molar-refractivity contribution is -0.155. The van der Waals surface area contributed by atoms with Gasteiger partial charge in [-0.2, -0.15) is 0 Å². The summed E-state index contributed by atoms with van der Waals surface area (Å²) in [6, 6.07) is 9.61. The Morgan fingerprint density at radius 2 is 2.16 bits per heavy atom. The molecule has 0 fully saturated rings. The number of rotatable bonds is 6. The van der Waals surface area contributed by atoms with Crippen LogP contribution < -0.4 is 0 Å². The van der Waals surface area contributed by atoms with Gasteiger partial charge in [-0.1, -0.05) is 35.5 Å². The molecule has 1 N–H and O–H groups in total. The SMILES string of the molecule is O=C(OCCCCO)C1CC(c2ccccc2)=NO1. The second kappa shape index (κ2) is 6.89. The summed E-state index contributed by atoms with van der Waals surface area (Å²) in [5.41, 5.74) is 1.72. The molecule has 1 aromatic carbocycles. The number of carbonyl (C=O) groups excluding carboxylic acids is 1. The lowest BCUT2D eigenvalue weighted by Gasteiger charge is -2.08. The van der Waals surface area contributed by atoms with Crippen LogP contribution in [-0.4, -0.2) is 36.1 Å². The zero-order valence-electron chi connectivity index (χ0n) is 10.6. The Morgan fingerprint density at radius 3 is 2.89 bits per heavy atom. The van der Waals surface area contributed by atoms with Crippen LogP contribution in [0.1, 0.15) is 24.8 Å². The monoisotopic (exact) mass is 263 g/mol. The molecule has 1 heterocycles. The first-order valence-corrected chi connectivity index (χ1v) is 6.37. The molecule has 2 rings (SSSR count). The highest BCUT2D eigenvalue weighted by molar-refractivity contribution is 6.03. The smallest absolute Gasteiger partial charge is 0.350 e. The molecule has 1 unspecified atom stereocenters. The van der Waals surface area contributed by atoms with Crippen LogP contribution in [0.3, 0.4) is 0 Å². The minimum atomic E-state index is -0.649. The minimum Gasteiger partial charge on any atom is -0.463 e. The minimum absolute atomic E-state index is 0.110. The quantitative estimate of drug-likeness (QED) is 0.623. The van der Waals surface area contributed by atoms with Gasteiger partial charge >= 0.3 is 5.97 Å². The number of carbonyl (C=O) groups is 1. The predicted octanol–water partition coefficient (Wildman–Crippen LogP) is 1.50. The Hall–Kier alpha value is -1.88. The molecular formula is C14H17NO4. The largest absolute Gasteiger partial charge is 0.463 e. The molecule has 0 saturated heterocycles. The molecule has 0 aliphatic carbocycles. The van der Waals surface area contributed by atoms with Crippen LogP contribution in [0, 0.1) is 0 Å². The highest BCUT2D eigenvalue weighted by Gasteiger charge is 2.29. The van der Waals surface area contributed by atoms with E-state index in [2.05, 4.69) is 5.16 Å². The normalized spacial score (nSPS) is 17.7. The molecule has 0 bridgehead atoms. The number of nitrogens with zero attached hydrogens (tertiary/aromatic N) is 1. The lowest BCUT2D eigenvalue weighted by Crippen LogP contribution is -2.24. The standard InChI is InChI=1S/C14H17NO4/c16-8-4-5-9-18-14(17)13-10-12(15-19-13)11-6-2-1-3-7-11/h1-3,6-7,13,16H,4-5,8-10H2. The zero-order valence-corrected chi connectivity index (χ0v) is 10.6. The predicted molar refractivity (Wildman–Crippen MR) is 69.7 cm³/mol. The number of unbranched alkanes of at least 4 members (excludes halogenated alkanes) is 1. The molecule has 0 amide bonds. The van der Waals surface area contributed by atoms with Gasteiger partial charge in [0.2, 0.25) is 6.10 Å². The first-order valence-electron chi connectivity index (χ1n) is 6.37. The second-order valence-corrected chi connectivity index (χ2v) is 4.30. The molecule has 1 aromatic rings. The number of aliphatic hydroxyl groups excluding tert-OH is 1. The molecule has 1 aliphatic heterocycles. The average Bonchev–Trinajstić information content (AvgIpc) is 2.94. The van der Waals surface area contributed by atoms with Gasteiger partial charge in [0.15, 0.2) is 0 Å². The van der Waals surface area contributed by atoms with Crippen molar-refractivity contribution in [3.05, 3.63) is 35.9 Å². The molecule has 0 aromatic heterocycles. The van der Waals surface area contributed by atoms with Crippen LogP contribution in [0.15, 0.2) is 35.5 Å². The number of hydrogen-bond acceptors (Lipinski definition) is 5. The Morgan fingerprint density at radius 1 is 1.37 bits per heavy atom. The summed E-state index contributed by atoms with van der Waals surface area (Å²) in [7, 11) is 0. The highest BCUT2D eigenvalue weighted by atomic mass is 16.7. The van der Waals surface area contributed by atoms with Crippen LogP contribution in [0.25, 0.3) is 0 Å². The average molecular weight is 263 g/mol. The Bertz CT molecular complexity index is 444. The summed E-state index contributed by atoms with van der Waals surface area (Å²) >= 11 is 0. The van der Waals surface area contributed by atoms with E-state index in [1.54, 1.807) is 0 Å². The Labute approximate surface area is 111 Å². The molecule has 0 radical (unpaired) electrons. The van der Waals surface area contributed by atoms with E-state index in [9.17, 15) is 4.79 Å². The van der Waals surface area contributed by atoms with E-state index >= 15 is 0 Å². The topological polar surface area (TPSA) is 68.1 Å². The van der Waals surface area contributed by atoms with Crippen molar-refractivity contribution in [1.29, 1.82) is 0 Å². The van der Waals surface area contributed by atoms with Gasteiger partial charge in [-0.15, -0.1) is 0 Å². The molecule has 1 atom stereocenters. The molecule has 102 valence electrons. The second-order valence-electron chi connectivity index (χ2n) is 4.30. The molecular weight excluding hydrogens is 246 g/mol. The lowest BCUT2D eigenvalue weighted by atomic mass is 10.1. The summed E-state index contributed by atoms with van der Waals surface area (Å²) in [5.74, 6) is -0.396. The number of ether oxygens (including phenoxy) is 1. The third-order valence-electron chi connectivity index (χ3n) is 2.84. The van der Waals surface area contributed by atoms with E-state index in [1.807, 2.05) is 30.3 Å². The van der Waals surface area contributed by atoms with Crippen molar-refractivity contribution < 1.29 is 19.5 Å². The van der Waals surface area contributed by atoms with Crippen molar-refractivity contribution in [1.82, 2.24) is 0 Å². The van der Waals surface area contributed by atoms with Crippen molar-refractivity contribution >= 4 is 11.7 Å². The third-order valence-corrected chi connectivity index (χ3v) is 2.84. The maximum absolute atomic E-state index is 11.7. The van der Waals surface area contributed by atoms with Gasteiger partial charge in [-0.25, -0.2) is 4.79 Å². The highest BCUT2D eigenvalue weighted by Crippen LogP contribution is 2.17. The van der Waals surface area contributed by atoms with Crippen molar-refractivity contribution in [2.45, 2.75) is 25.4 Å². The van der Waals surface area contributed by atoms with E-state index in [1.165, 1.54) is 0 Å². The zero-order chi connectivity index (χ0) is 13.5. The molecule has 1 aliphatic rings. The number of aliphatic hydroxyl groups is 1. The van der Waals surface area contributed by atoms with Crippen molar-refractivity contribution in [3.63, 3.8) is 0 Å². The number of esters is 1. The van der Waals surface area contributed by atoms with Gasteiger partial charge in [-0.05, 0) is 18.4 Å². The van der Waals surface area contributed by atoms with E-state index in [0.29, 0.717) is 25.9 Å². The fourth-order valence-corrected chi connectivity index (χ4v) is 1.78. The molecule has 19 heavy (non-hydrogen) atoms. The molecule has 0 saturated carbocycles. The molecule has 5 heteroatoms.